The third-order valence-electron chi connectivity index (χ3n) is 3.52. The molecule has 6 heteroatoms. The summed E-state index contributed by atoms with van der Waals surface area (Å²) in [5.74, 6) is 0.759. The molecule has 0 saturated carbocycles. The second-order valence-corrected chi connectivity index (χ2v) is 5.69. The van der Waals surface area contributed by atoms with Crippen molar-refractivity contribution in [3.05, 3.63) is 29.8 Å². The average Bonchev–Trinajstić information content (AvgIpc) is 2.98. The summed E-state index contributed by atoms with van der Waals surface area (Å²) in [6, 6.07) is 7.35. The lowest BCUT2D eigenvalue weighted by molar-refractivity contribution is -0.124. The molecule has 2 rings (SSSR count). The van der Waals surface area contributed by atoms with E-state index in [-0.39, 0.29) is 36.9 Å². The number of amides is 1. The second-order valence-electron chi connectivity index (χ2n) is 5.69. The number of benzene rings is 1. The van der Waals surface area contributed by atoms with Gasteiger partial charge in [-0.15, -0.1) is 12.4 Å². The Morgan fingerprint density at radius 3 is 2.91 bits per heavy atom. The minimum Gasteiger partial charge on any atom is -0.491 e. The maximum absolute atomic E-state index is 11.9. The van der Waals surface area contributed by atoms with Crippen LogP contribution in [0.4, 0.5) is 0 Å². The maximum atomic E-state index is 11.9. The van der Waals surface area contributed by atoms with Crippen LogP contribution < -0.4 is 15.4 Å². The van der Waals surface area contributed by atoms with Gasteiger partial charge in [0, 0.05) is 13.1 Å². The number of carbonyl (C=O) groups excluding carboxylic acids is 1. The van der Waals surface area contributed by atoms with Crippen molar-refractivity contribution >= 4 is 18.3 Å². The lowest BCUT2D eigenvalue weighted by Crippen LogP contribution is -2.34. The van der Waals surface area contributed by atoms with Gasteiger partial charge in [-0.05, 0) is 44.5 Å². The van der Waals surface area contributed by atoms with E-state index in [1.54, 1.807) is 0 Å². The Morgan fingerprint density at radius 1 is 1.50 bits per heavy atom. The lowest BCUT2D eigenvalue weighted by Gasteiger charge is -2.16. The third kappa shape index (κ3) is 5.48. The zero-order valence-electron chi connectivity index (χ0n) is 13.0. The summed E-state index contributed by atoms with van der Waals surface area (Å²) >= 11 is 0. The molecule has 1 aromatic rings. The molecule has 5 nitrogen and oxygen atoms in total. The Hall–Kier alpha value is -1.30. The lowest BCUT2D eigenvalue weighted by atomic mass is 10.1. The minimum atomic E-state index is -0.723. The summed E-state index contributed by atoms with van der Waals surface area (Å²) in [6.07, 6.45) is 0.227. The van der Waals surface area contributed by atoms with Gasteiger partial charge in [-0.1, -0.05) is 12.1 Å². The molecule has 1 fully saturated rings. The van der Waals surface area contributed by atoms with E-state index in [9.17, 15) is 9.90 Å². The van der Waals surface area contributed by atoms with Gasteiger partial charge in [-0.2, -0.15) is 0 Å². The van der Waals surface area contributed by atoms with Crippen LogP contribution in [0.25, 0.3) is 0 Å². The van der Waals surface area contributed by atoms with Crippen LogP contribution >= 0.6 is 12.4 Å². The standard InChI is InChI=1S/C16H24N2O3.ClH/c1-11(2)21-14-5-3-4-12(8-14)15(19)10-18-16(20)13-6-7-17-9-13;/h3-5,8,11,13,15,17,19H,6-7,9-10H2,1-2H3,(H,18,20);1H. The van der Waals surface area contributed by atoms with Crippen molar-refractivity contribution in [3.63, 3.8) is 0 Å². The molecular weight excluding hydrogens is 304 g/mol. The average molecular weight is 329 g/mol. The van der Waals surface area contributed by atoms with Crippen LogP contribution in [0.1, 0.15) is 31.9 Å². The highest BCUT2D eigenvalue weighted by molar-refractivity contribution is 5.85. The van der Waals surface area contributed by atoms with Gasteiger partial charge in [0.15, 0.2) is 0 Å². The number of nitrogens with one attached hydrogen (secondary N) is 2. The van der Waals surface area contributed by atoms with E-state index in [0.29, 0.717) is 0 Å². The highest BCUT2D eigenvalue weighted by Crippen LogP contribution is 2.20. The highest BCUT2D eigenvalue weighted by atomic mass is 35.5. The molecule has 22 heavy (non-hydrogen) atoms. The Balaban J connectivity index is 0.00000242. The van der Waals surface area contributed by atoms with Crippen LogP contribution in [-0.4, -0.2) is 36.8 Å². The fraction of sp³-hybridized carbons (Fsp3) is 0.562. The van der Waals surface area contributed by atoms with E-state index < -0.39 is 6.10 Å². The van der Waals surface area contributed by atoms with Gasteiger partial charge < -0.3 is 20.5 Å². The Kier molecular flexibility index (Phi) is 7.65. The molecule has 0 aromatic heterocycles. The van der Waals surface area contributed by atoms with Crippen LogP contribution in [0.2, 0.25) is 0 Å². The molecule has 3 N–H and O–H groups in total. The first kappa shape index (κ1) is 18.7. The monoisotopic (exact) mass is 328 g/mol. The number of ether oxygens (including phenoxy) is 1. The van der Waals surface area contributed by atoms with Gasteiger partial charge in [0.05, 0.1) is 18.1 Å². The molecule has 0 bridgehead atoms. The van der Waals surface area contributed by atoms with Gasteiger partial charge in [-0.3, -0.25) is 4.79 Å². The van der Waals surface area contributed by atoms with Crippen LogP contribution in [-0.2, 0) is 4.79 Å². The molecule has 1 amide bonds. The van der Waals surface area contributed by atoms with E-state index >= 15 is 0 Å². The number of hydrogen-bond acceptors (Lipinski definition) is 4. The first-order valence-electron chi connectivity index (χ1n) is 7.49. The zero-order chi connectivity index (χ0) is 15.2. The fourth-order valence-electron chi connectivity index (χ4n) is 2.41. The fourth-order valence-corrected chi connectivity index (χ4v) is 2.41. The summed E-state index contributed by atoms with van der Waals surface area (Å²) in [7, 11) is 0. The number of aliphatic hydroxyl groups is 1. The predicted octanol–water partition coefficient (Wildman–Crippen LogP) is 1.65. The Labute approximate surface area is 137 Å². The molecule has 2 unspecified atom stereocenters. The van der Waals surface area contributed by atoms with Gasteiger partial charge >= 0.3 is 0 Å². The molecule has 0 spiro atoms. The van der Waals surface area contributed by atoms with Gasteiger partial charge in [0.25, 0.3) is 0 Å². The van der Waals surface area contributed by atoms with Crippen molar-refractivity contribution in [1.82, 2.24) is 10.6 Å². The third-order valence-corrected chi connectivity index (χ3v) is 3.52. The zero-order valence-corrected chi connectivity index (χ0v) is 13.9. The van der Waals surface area contributed by atoms with Crippen LogP contribution in [0.3, 0.4) is 0 Å². The molecule has 1 aliphatic rings. The molecule has 1 heterocycles. The van der Waals surface area contributed by atoms with E-state index in [1.165, 1.54) is 0 Å². The van der Waals surface area contributed by atoms with Crippen molar-refractivity contribution in [2.75, 3.05) is 19.6 Å². The molecule has 2 atom stereocenters. The molecule has 1 aromatic carbocycles. The number of halogens is 1. The van der Waals surface area contributed by atoms with Gasteiger partial charge in [-0.25, -0.2) is 0 Å². The number of aliphatic hydroxyl groups excluding tert-OH is 1. The number of carbonyl (C=O) groups is 1. The van der Waals surface area contributed by atoms with Crippen molar-refractivity contribution < 1.29 is 14.6 Å². The largest absolute Gasteiger partial charge is 0.491 e. The van der Waals surface area contributed by atoms with Crippen molar-refractivity contribution in [1.29, 1.82) is 0 Å². The second kappa shape index (κ2) is 8.98. The SMILES string of the molecule is CC(C)Oc1cccc(C(O)CNC(=O)C2CCNC2)c1.Cl. The van der Waals surface area contributed by atoms with E-state index in [0.717, 1.165) is 30.8 Å². The summed E-state index contributed by atoms with van der Waals surface area (Å²) in [6.45, 7) is 5.74. The molecule has 1 saturated heterocycles. The van der Waals surface area contributed by atoms with Crippen LogP contribution in [0.5, 0.6) is 5.75 Å². The highest BCUT2D eigenvalue weighted by Gasteiger charge is 2.22. The molecule has 124 valence electrons. The summed E-state index contributed by atoms with van der Waals surface area (Å²) < 4.78 is 5.61. The number of rotatable bonds is 6. The minimum absolute atomic E-state index is 0. The Bertz CT molecular complexity index is 476. The maximum Gasteiger partial charge on any atom is 0.224 e. The smallest absolute Gasteiger partial charge is 0.224 e. The van der Waals surface area contributed by atoms with Crippen LogP contribution in [0, 0.1) is 5.92 Å². The predicted molar refractivity (Wildman–Crippen MR) is 88.4 cm³/mol. The topological polar surface area (TPSA) is 70.6 Å². The van der Waals surface area contributed by atoms with Crippen molar-refractivity contribution in [3.8, 4) is 5.75 Å². The summed E-state index contributed by atoms with van der Waals surface area (Å²) in [4.78, 5) is 11.9. The van der Waals surface area contributed by atoms with E-state index in [4.69, 9.17) is 4.74 Å². The number of hydrogen-bond donors (Lipinski definition) is 3. The molecule has 0 radical (unpaired) electrons. The quantitative estimate of drug-likeness (QED) is 0.742. The normalized spacial score (nSPS) is 18.6. The van der Waals surface area contributed by atoms with Crippen molar-refractivity contribution in [2.45, 2.75) is 32.5 Å². The van der Waals surface area contributed by atoms with Gasteiger partial charge in [0.2, 0.25) is 5.91 Å². The molecule has 1 aliphatic heterocycles. The van der Waals surface area contributed by atoms with E-state index in [1.807, 2.05) is 38.1 Å². The van der Waals surface area contributed by atoms with E-state index in [2.05, 4.69) is 10.6 Å². The molecule has 0 aliphatic carbocycles. The van der Waals surface area contributed by atoms with Crippen LogP contribution in [0.15, 0.2) is 24.3 Å². The summed E-state index contributed by atoms with van der Waals surface area (Å²) in [5.41, 5.74) is 0.748. The van der Waals surface area contributed by atoms with Gasteiger partial charge in [0.1, 0.15) is 5.75 Å². The molecular formula is C16H25ClN2O3. The first-order valence-corrected chi connectivity index (χ1v) is 7.49. The summed E-state index contributed by atoms with van der Waals surface area (Å²) in [5, 5.41) is 16.2. The Morgan fingerprint density at radius 2 is 2.27 bits per heavy atom. The van der Waals surface area contributed by atoms with Crippen molar-refractivity contribution in [2.24, 2.45) is 5.92 Å². The first-order chi connectivity index (χ1) is 10.1.